The second-order valence-corrected chi connectivity index (χ2v) is 7.36. The molecule has 1 heterocycles. The van der Waals surface area contributed by atoms with Gasteiger partial charge in [-0.05, 0) is 36.8 Å². The van der Waals surface area contributed by atoms with Crippen LogP contribution in [-0.4, -0.2) is 26.4 Å². The first-order valence-electron chi connectivity index (χ1n) is 10.0. The number of non-ortho nitro benzene ring substituents is 1. The summed E-state index contributed by atoms with van der Waals surface area (Å²) in [5.74, 6) is -0.549. The lowest BCUT2D eigenvalue weighted by Gasteiger charge is -2.10. The Morgan fingerprint density at radius 2 is 1.76 bits per heavy atom. The largest absolute Gasteiger partial charge is 0.360 e. The van der Waals surface area contributed by atoms with Crippen molar-refractivity contribution in [2.75, 3.05) is 10.7 Å². The molecule has 0 spiro atoms. The van der Waals surface area contributed by atoms with Crippen LogP contribution in [0.25, 0.3) is 10.9 Å². The van der Waals surface area contributed by atoms with Crippen molar-refractivity contribution in [1.29, 1.82) is 0 Å². The Hall–Kier alpha value is -5.06. The SMILES string of the molecule is Cc1cccc(NC(=O)/C(=N\Nc2ccc([N+](=O)[O-])cc2[N+](=O)[O-])c2c[nH]c3ccccc23)c1. The number of hydrazone groups is 1. The van der Waals surface area contributed by atoms with E-state index in [1.54, 1.807) is 24.4 Å². The summed E-state index contributed by atoms with van der Waals surface area (Å²) in [6, 6.07) is 17.6. The van der Waals surface area contributed by atoms with Gasteiger partial charge < -0.3 is 10.3 Å². The molecule has 0 fully saturated rings. The molecule has 0 saturated heterocycles. The molecule has 11 nitrogen and oxygen atoms in total. The highest BCUT2D eigenvalue weighted by atomic mass is 16.6. The molecule has 34 heavy (non-hydrogen) atoms. The number of nitrogens with one attached hydrogen (secondary N) is 3. The van der Waals surface area contributed by atoms with Gasteiger partial charge in [0.1, 0.15) is 5.69 Å². The molecule has 3 aromatic carbocycles. The Kier molecular flexibility index (Phi) is 5.99. The molecule has 0 atom stereocenters. The minimum absolute atomic E-state index is 0.0355. The topological polar surface area (TPSA) is 156 Å². The van der Waals surface area contributed by atoms with Crippen LogP contribution in [0.1, 0.15) is 11.1 Å². The van der Waals surface area contributed by atoms with Crippen LogP contribution in [0, 0.1) is 27.2 Å². The average Bonchev–Trinajstić information content (AvgIpc) is 3.23. The predicted octanol–water partition coefficient (Wildman–Crippen LogP) is 4.75. The molecule has 0 unspecified atom stereocenters. The summed E-state index contributed by atoms with van der Waals surface area (Å²) in [6.07, 6.45) is 1.62. The van der Waals surface area contributed by atoms with Crippen molar-refractivity contribution in [3.63, 3.8) is 0 Å². The van der Waals surface area contributed by atoms with Gasteiger partial charge in [-0.25, -0.2) is 0 Å². The summed E-state index contributed by atoms with van der Waals surface area (Å²) in [5, 5.41) is 30.2. The van der Waals surface area contributed by atoms with Crippen LogP contribution in [0.2, 0.25) is 0 Å². The van der Waals surface area contributed by atoms with Gasteiger partial charge in [0, 0.05) is 34.4 Å². The minimum atomic E-state index is -0.761. The predicted molar refractivity (Wildman–Crippen MR) is 128 cm³/mol. The molecule has 0 aliphatic rings. The Bertz CT molecular complexity index is 1460. The number of benzene rings is 3. The van der Waals surface area contributed by atoms with Crippen molar-refractivity contribution in [2.45, 2.75) is 6.92 Å². The van der Waals surface area contributed by atoms with Gasteiger partial charge in [-0.2, -0.15) is 5.10 Å². The van der Waals surface area contributed by atoms with Gasteiger partial charge in [0.15, 0.2) is 5.71 Å². The fourth-order valence-electron chi connectivity index (χ4n) is 3.41. The van der Waals surface area contributed by atoms with E-state index in [2.05, 4.69) is 20.8 Å². The number of aryl methyl sites for hydroxylation is 1. The van der Waals surface area contributed by atoms with Crippen molar-refractivity contribution in [2.24, 2.45) is 5.10 Å². The van der Waals surface area contributed by atoms with E-state index in [9.17, 15) is 25.0 Å². The summed E-state index contributed by atoms with van der Waals surface area (Å²) in [6.45, 7) is 1.89. The third-order valence-electron chi connectivity index (χ3n) is 5.01. The van der Waals surface area contributed by atoms with Crippen molar-refractivity contribution in [1.82, 2.24) is 4.98 Å². The molecule has 170 valence electrons. The molecular weight excluding hydrogens is 440 g/mol. The molecular formula is C23H18N6O5. The zero-order chi connectivity index (χ0) is 24.2. The van der Waals surface area contributed by atoms with Crippen LogP contribution in [0.4, 0.5) is 22.7 Å². The Morgan fingerprint density at radius 1 is 0.971 bits per heavy atom. The number of carbonyl (C=O) groups is 1. The van der Waals surface area contributed by atoms with Crippen molar-refractivity contribution in [3.05, 3.63) is 104 Å². The molecule has 0 radical (unpaired) electrons. The van der Waals surface area contributed by atoms with Gasteiger partial charge in [0.2, 0.25) is 0 Å². The van der Waals surface area contributed by atoms with Gasteiger partial charge in [-0.1, -0.05) is 30.3 Å². The third-order valence-corrected chi connectivity index (χ3v) is 5.01. The second-order valence-electron chi connectivity index (χ2n) is 7.36. The van der Waals surface area contributed by atoms with Crippen molar-refractivity contribution >= 4 is 45.3 Å². The number of hydrogen-bond donors (Lipinski definition) is 3. The molecule has 3 N–H and O–H groups in total. The molecule has 0 aliphatic carbocycles. The molecule has 0 bridgehead atoms. The Morgan fingerprint density at radius 3 is 2.50 bits per heavy atom. The van der Waals surface area contributed by atoms with Gasteiger partial charge in [0.25, 0.3) is 11.6 Å². The van der Waals surface area contributed by atoms with E-state index in [0.717, 1.165) is 28.6 Å². The smallest absolute Gasteiger partial charge is 0.301 e. The number of anilines is 2. The van der Waals surface area contributed by atoms with Crippen molar-refractivity contribution < 1.29 is 14.6 Å². The fraction of sp³-hybridized carbons (Fsp3) is 0.0435. The van der Waals surface area contributed by atoms with Crippen LogP contribution < -0.4 is 10.7 Å². The summed E-state index contributed by atoms with van der Waals surface area (Å²) < 4.78 is 0. The van der Waals surface area contributed by atoms with Gasteiger partial charge in [-0.3, -0.25) is 30.4 Å². The maximum absolute atomic E-state index is 13.2. The van der Waals surface area contributed by atoms with Crippen LogP contribution in [0.5, 0.6) is 0 Å². The Labute approximate surface area is 192 Å². The van der Waals surface area contributed by atoms with E-state index in [1.807, 2.05) is 37.3 Å². The summed E-state index contributed by atoms with van der Waals surface area (Å²) in [7, 11) is 0. The number of rotatable bonds is 7. The highest BCUT2D eigenvalue weighted by Crippen LogP contribution is 2.29. The zero-order valence-electron chi connectivity index (χ0n) is 17.8. The standard InChI is InChI=1S/C23H18N6O5/c1-14-5-4-6-15(11-14)25-23(30)22(18-13-24-19-8-3-2-7-17(18)19)27-26-20-10-9-16(28(31)32)12-21(20)29(33)34/h2-13,24,26H,1H3,(H,25,30)/b27-22-. The van der Waals surface area contributed by atoms with E-state index >= 15 is 0 Å². The summed E-state index contributed by atoms with van der Waals surface area (Å²) in [5.41, 5.74) is 4.17. The number of para-hydroxylation sites is 1. The van der Waals surface area contributed by atoms with E-state index in [4.69, 9.17) is 0 Å². The van der Waals surface area contributed by atoms with E-state index in [-0.39, 0.29) is 11.4 Å². The number of fused-ring (bicyclic) bond motifs is 1. The number of H-pyrrole nitrogens is 1. The number of nitro groups is 2. The lowest BCUT2D eigenvalue weighted by atomic mass is 10.1. The van der Waals surface area contributed by atoms with Gasteiger partial charge in [-0.15, -0.1) is 0 Å². The normalized spacial score (nSPS) is 11.3. The van der Waals surface area contributed by atoms with E-state index in [1.165, 1.54) is 6.07 Å². The van der Waals surface area contributed by atoms with Crippen LogP contribution in [0.15, 0.2) is 78.0 Å². The van der Waals surface area contributed by atoms with E-state index < -0.39 is 27.1 Å². The number of nitrogens with zero attached hydrogens (tertiary/aromatic N) is 3. The summed E-state index contributed by atoms with van der Waals surface area (Å²) >= 11 is 0. The van der Waals surface area contributed by atoms with Gasteiger partial charge >= 0.3 is 5.69 Å². The number of nitro benzene ring substituents is 2. The van der Waals surface area contributed by atoms with Crippen LogP contribution >= 0.6 is 0 Å². The zero-order valence-corrected chi connectivity index (χ0v) is 17.8. The fourth-order valence-corrected chi connectivity index (χ4v) is 3.41. The number of amides is 1. The monoisotopic (exact) mass is 458 g/mol. The lowest BCUT2D eigenvalue weighted by Crippen LogP contribution is -2.25. The molecule has 11 heteroatoms. The third kappa shape index (κ3) is 4.58. The van der Waals surface area contributed by atoms with E-state index in [0.29, 0.717) is 11.3 Å². The first-order chi connectivity index (χ1) is 16.3. The molecule has 1 amide bonds. The first-order valence-corrected chi connectivity index (χ1v) is 10.0. The quantitative estimate of drug-likeness (QED) is 0.206. The lowest BCUT2D eigenvalue weighted by molar-refractivity contribution is -0.393. The number of hydrogen-bond acceptors (Lipinski definition) is 7. The highest BCUT2D eigenvalue weighted by Gasteiger charge is 2.22. The molecule has 4 aromatic rings. The highest BCUT2D eigenvalue weighted by molar-refractivity contribution is 6.50. The second kappa shape index (κ2) is 9.20. The average molecular weight is 458 g/mol. The number of aromatic amines is 1. The van der Waals surface area contributed by atoms with Crippen LogP contribution in [-0.2, 0) is 4.79 Å². The van der Waals surface area contributed by atoms with Crippen molar-refractivity contribution in [3.8, 4) is 0 Å². The maximum atomic E-state index is 13.2. The first kappa shape index (κ1) is 22.1. The van der Waals surface area contributed by atoms with Gasteiger partial charge in [0.05, 0.1) is 15.9 Å². The molecule has 0 aliphatic heterocycles. The Balaban J connectivity index is 1.76. The summed E-state index contributed by atoms with van der Waals surface area (Å²) in [4.78, 5) is 37.3. The minimum Gasteiger partial charge on any atom is -0.360 e. The molecule has 0 saturated carbocycles. The number of aromatic nitrogens is 1. The maximum Gasteiger partial charge on any atom is 0.301 e. The van der Waals surface area contributed by atoms with Crippen LogP contribution in [0.3, 0.4) is 0 Å². The molecule has 4 rings (SSSR count). The molecule has 1 aromatic heterocycles. The number of carbonyl (C=O) groups excluding carboxylic acids is 1.